The third-order valence-corrected chi connectivity index (χ3v) is 4.86. The molecule has 0 heterocycles. The first-order valence-corrected chi connectivity index (χ1v) is 7.61. The van der Waals surface area contributed by atoms with E-state index in [9.17, 15) is 4.79 Å². The maximum Gasteiger partial charge on any atom is 0.253 e. The standard InChI is InChI=1S/C17H27N3O/c1-13-11-14(18-2)7-8-15(13)16(21)20(5)12-17(19(3)4)9-6-10-17/h7-8,11,18H,6,9-10,12H2,1-5H3. The lowest BCUT2D eigenvalue weighted by molar-refractivity contribution is 0.0252. The summed E-state index contributed by atoms with van der Waals surface area (Å²) in [5.74, 6) is 0.114. The highest BCUT2D eigenvalue weighted by atomic mass is 16.2. The van der Waals surface area contributed by atoms with Crippen molar-refractivity contribution in [1.29, 1.82) is 0 Å². The number of hydrogen-bond acceptors (Lipinski definition) is 3. The lowest BCUT2D eigenvalue weighted by atomic mass is 9.75. The van der Waals surface area contributed by atoms with Gasteiger partial charge in [0.1, 0.15) is 0 Å². The van der Waals surface area contributed by atoms with Crippen molar-refractivity contribution in [2.24, 2.45) is 0 Å². The highest BCUT2D eigenvalue weighted by Gasteiger charge is 2.40. The first-order valence-electron chi connectivity index (χ1n) is 7.61. The second-order valence-corrected chi connectivity index (χ2v) is 6.41. The van der Waals surface area contributed by atoms with Crippen LogP contribution in [0.2, 0.25) is 0 Å². The molecule has 0 aromatic heterocycles. The second kappa shape index (κ2) is 6.06. The Morgan fingerprint density at radius 3 is 2.38 bits per heavy atom. The fourth-order valence-electron chi connectivity index (χ4n) is 3.11. The molecule has 1 amide bonds. The Morgan fingerprint density at radius 1 is 1.29 bits per heavy atom. The van der Waals surface area contributed by atoms with E-state index >= 15 is 0 Å². The minimum atomic E-state index is 0.114. The summed E-state index contributed by atoms with van der Waals surface area (Å²) >= 11 is 0. The number of anilines is 1. The third kappa shape index (κ3) is 3.05. The summed E-state index contributed by atoms with van der Waals surface area (Å²) in [6.45, 7) is 2.79. The van der Waals surface area contributed by atoms with Crippen LogP contribution in [0.1, 0.15) is 35.2 Å². The van der Waals surface area contributed by atoms with Gasteiger partial charge in [-0.2, -0.15) is 0 Å². The third-order valence-electron chi connectivity index (χ3n) is 4.86. The minimum absolute atomic E-state index is 0.114. The van der Waals surface area contributed by atoms with Gasteiger partial charge in [-0.1, -0.05) is 0 Å². The van der Waals surface area contributed by atoms with E-state index in [1.807, 2.05) is 44.1 Å². The van der Waals surface area contributed by atoms with Gasteiger partial charge in [-0.3, -0.25) is 4.79 Å². The summed E-state index contributed by atoms with van der Waals surface area (Å²) in [6.07, 6.45) is 3.61. The number of nitrogens with one attached hydrogen (secondary N) is 1. The van der Waals surface area contributed by atoms with Crippen LogP contribution in [0, 0.1) is 6.92 Å². The van der Waals surface area contributed by atoms with Crippen LogP contribution in [0.25, 0.3) is 0 Å². The van der Waals surface area contributed by atoms with Crippen LogP contribution in [0.15, 0.2) is 18.2 Å². The van der Waals surface area contributed by atoms with Crippen LogP contribution < -0.4 is 5.32 Å². The molecule has 1 saturated carbocycles. The van der Waals surface area contributed by atoms with Crippen molar-refractivity contribution < 1.29 is 4.79 Å². The van der Waals surface area contributed by atoms with Gasteiger partial charge < -0.3 is 15.1 Å². The minimum Gasteiger partial charge on any atom is -0.388 e. The number of benzene rings is 1. The Kier molecular flexibility index (Phi) is 4.57. The van der Waals surface area contributed by atoms with Crippen molar-refractivity contribution in [2.75, 3.05) is 40.1 Å². The van der Waals surface area contributed by atoms with Gasteiger partial charge in [-0.25, -0.2) is 0 Å². The van der Waals surface area contributed by atoms with Gasteiger partial charge in [0.25, 0.3) is 5.91 Å². The SMILES string of the molecule is CNc1ccc(C(=O)N(C)CC2(N(C)C)CCC2)c(C)c1. The summed E-state index contributed by atoms with van der Waals surface area (Å²) in [5, 5.41) is 3.10. The number of nitrogens with zero attached hydrogens (tertiary/aromatic N) is 2. The topological polar surface area (TPSA) is 35.6 Å². The Balaban J connectivity index is 2.12. The Labute approximate surface area is 128 Å². The molecule has 116 valence electrons. The number of amides is 1. The van der Waals surface area contributed by atoms with Crippen molar-refractivity contribution in [1.82, 2.24) is 9.80 Å². The van der Waals surface area contributed by atoms with Crippen LogP contribution in [-0.2, 0) is 0 Å². The van der Waals surface area contributed by atoms with Crippen molar-refractivity contribution in [3.8, 4) is 0 Å². The molecular formula is C17H27N3O. The van der Waals surface area contributed by atoms with Gasteiger partial charge in [-0.05, 0) is 64.0 Å². The molecular weight excluding hydrogens is 262 g/mol. The second-order valence-electron chi connectivity index (χ2n) is 6.41. The van der Waals surface area contributed by atoms with E-state index in [2.05, 4.69) is 24.3 Å². The molecule has 1 aliphatic rings. The predicted octanol–water partition coefficient (Wildman–Crippen LogP) is 2.59. The quantitative estimate of drug-likeness (QED) is 0.905. The zero-order valence-corrected chi connectivity index (χ0v) is 13.9. The van der Waals surface area contributed by atoms with Gasteiger partial charge in [0.05, 0.1) is 0 Å². The molecule has 0 spiro atoms. The van der Waals surface area contributed by atoms with Crippen molar-refractivity contribution in [3.63, 3.8) is 0 Å². The molecule has 4 heteroatoms. The zero-order valence-electron chi connectivity index (χ0n) is 13.9. The summed E-state index contributed by atoms with van der Waals surface area (Å²) < 4.78 is 0. The first kappa shape index (κ1) is 15.8. The molecule has 0 aliphatic heterocycles. The molecule has 0 bridgehead atoms. The number of carbonyl (C=O) groups excluding carboxylic acids is 1. The average Bonchev–Trinajstić information content (AvgIpc) is 2.41. The summed E-state index contributed by atoms with van der Waals surface area (Å²) in [5.41, 5.74) is 3.02. The molecule has 2 rings (SSSR count). The van der Waals surface area contributed by atoms with Gasteiger partial charge >= 0.3 is 0 Å². The van der Waals surface area contributed by atoms with Gasteiger partial charge in [0, 0.05) is 37.4 Å². The number of carbonyl (C=O) groups is 1. The van der Waals surface area contributed by atoms with Crippen LogP contribution >= 0.6 is 0 Å². The maximum absolute atomic E-state index is 12.7. The molecule has 1 N–H and O–H groups in total. The lowest BCUT2D eigenvalue weighted by Gasteiger charge is -2.49. The lowest BCUT2D eigenvalue weighted by Crippen LogP contribution is -2.57. The summed E-state index contributed by atoms with van der Waals surface area (Å²) in [7, 11) is 8.03. The summed E-state index contributed by atoms with van der Waals surface area (Å²) in [6, 6.07) is 5.90. The Morgan fingerprint density at radius 2 is 1.95 bits per heavy atom. The zero-order chi connectivity index (χ0) is 15.6. The van der Waals surface area contributed by atoms with Gasteiger partial charge in [0.15, 0.2) is 0 Å². The molecule has 1 aliphatic carbocycles. The molecule has 0 unspecified atom stereocenters. The van der Waals surface area contributed by atoms with E-state index in [0.717, 1.165) is 23.4 Å². The number of hydrogen-bond donors (Lipinski definition) is 1. The van der Waals surface area contributed by atoms with Crippen molar-refractivity contribution >= 4 is 11.6 Å². The fourth-order valence-corrected chi connectivity index (χ4v) is 3.11. The van der Waals surface area contributed by atoms with E-state index in [0.29, 0.717) is 0 Å². The predicted molar refractivity (Wildman–Crippen MR) is 88.0 cm³/mol. The van der Waals surface area contributed by atoms with E-state index in [1.54, 1.807) is 0 Å². The van der Waals surface area contributed by atoms with Gasteiger partial charge in [0.2, 0.25) is 0 Å². The van der Waals surface area contributed by atoms with Crippen molar-refractivity contribution in [2.45, 2.75) is 31.7 Å². The molecule has 0 radical (unpaired) electrons. The van der Waals surface area contributed by atoms with Crippen LogP contribution in [0.5, 0.6) is 0 Å². The highest BCUT2D eigenvalue weighted by Crippen LogP contribution is 2.36. The Hall–Kier alpha value is -1.55. The first-order chi connectivity index (χ1) is 9.89. The van der Waals surface area contributed by atoms with Crippen LogP contribution in [0.4, 0.5) is 5.69 Å². The molecule has 1 aromatic rings. The van der Waals surface area contributed by atoms with E-state index in [1.165, 1.54) is 19.3 Å². The highest BCUT2D eigenvalue weighted by molar-refractivity contribution is 5.96. The van der Waals surface area contributed by atoms with Crippen molar-refractivity contribution in [3.05, 3.63) is 29.3 Å². The molecule has 0 saturated heterocycles. The summed E-state index contributed by atoms with van der Waals surface area (Å²) in [4.78, 5) is 16.8. The number of aryl methyl sites for hydroxylation is 1. The number of rotatable bonds is 5. The fraction of sp³-hybridized carbons (Fsp3) is 0.588. The van der Waals surface area contributed by atoms with E-state index in [4.69, 9.17) is 0 Å². The Bertz CT molecular complexity index is 521. The molecule has 1 aromatic carbocycles. The van der Waals surface area contributed by atoms with Gasteiger partial charge in [-0.15, -0.1) is 0 Å². The van der Waals surface area contributed by atoms with Crippen LogP contribution in [-0.4, -0.2) is 56.0 Å². The molecule has 0 atom stereocenters. The molecule has 21 heavy (non-hydrogen) atoms. The van der Waals surface area contributed by atoms with E-state index in [-0.39, 0.29) is 11.4 Å². The normalized spacial score (nSPS) is 16.5. The molecule has 4 nitrogen and oxygen atoms in total. The largest absolute Gasteiger partial charge is 0.388 e. The van der Waals surface area contributed by atoms with Crippen LogP contribution in [0.3, 0.4) is 0 Å². The smallest absolute Gasteiger partial charge is 0.253 e. The maximum atomic E-state index is 12.7. The monoisotopic (exact) mass is 289 g/mol. The average molecular weight is 289 g/mol. The van der Waals surface area contributed by atoms with E-state index < -0.39 is 0 Å². The number of likely N-dealkylation sites (N-methyl/N-ethyl adjacent to an activating group) is 2. The molecule has 1 fully saturated rings.